The Morgan fingerprint density at radius 3 is 2.61 bits per heavy atom. The molecule has 1 aromatic carbocycles. The Morgan fingerprint density at radius 1 is 1.35 bits per heavy atom. The van der Waals surface area contributed by atoms with Crippen molar-refractivity contribution < 1.29 is 18.7 Å². The lowest BCUT2D eigenvalue weighted by Gasteiger charge is -2.17. The Kier molecular flexibility index (Phi) is 5.42. The Morgan fingerprint density at radius 2 is 2.04 bits per heavy atom. The fraction of sp³-hybridized carbons (Fsp3) is 0.412. The number of rotatable bonds is 5. The highest BCUT2D eigenvalue weighted by Gasteiger charge is 2.37. The number of ether oxygens (including phenoxy) is 1. The molecular weight excluding hydrogens is 321 g/mol. The molecule has 6 heteroatoms. The van der Waals surface area contributed by atoms with Crippen LogP contribution in [0.4, 0.5) is 10.1 Å². The lowest BCUT2D eigenvalue weighted by Crippen LogP contribution is -2.30. The van der Waals surface area contributed by atoms with Gasteiger partial charge in [-0.2, -0.15) is 0 Å². The van der Waals surface area contributed by atoms with Crippen LogP contribution in [-0.4, -0.2) is 18.4 Å². The van der Waals surface area contributed by atoms with Gasteiger partial charge in [0.05, 0.1) is 23.7 Å². The number of imide groups is 1. The second-order valence-electron chi connectivity index (χ2n) is 5.63. The zero-order chi connectivity index (χ0) is 17.1. The van der Waals surface area contributed by atoms with Crippen molar-refractivity contribution in [2.24, 2.45) is 0 Å². The molecule has 23 heavy (non-hydrogen) atoms. The van der Waals surface area contributed by atoms with Gasteiger partial charge in [-0.25, -0.2) is 9.29 Å². The second-order valence-corrected chi connectivity index (χ2v) is 6.03. The molecule has 0 saturated carbocycles. The number of benzene rings is 1. The molecule has 2 amide bonds. The summed E-state index contributed by atoms with van der Waals surface area (Å²) in [5.41, 5.74) is 1.03. The quantitative estimate of drug-likeness (QED) is 0.457. The molecule has 0 aliphatic carbocycles. The molecule has 0 N–H and O–H groups in total. The third-order valence-electron chi connectivity index (χ3n) is 3.64. The fourth-order valence-corrected chi connectivity index (χ4v) is 2.52. The standard InChI is InChI=1S/C17H19ClFNO3/c1-4-5-6-23-15-9-14(13(19)8-12(15)18)20-16(21)7-11(10(2)3)17(20)22/h8-9H,4-7H2,1-3H3. The Labute approximate surface area is 139 Å². The third kappa shape index (κ3) is 3.55. The summed E-state index contributed by atoms with van der Waals surface area (Å²) < 4.78 is 19.8. The van der Waals surface area contributed by atoms with Crippen molar-refractivity contribution in [3.8, 4) is 5.75 Å². The molecule has 0 atom stereocenters. The van der Waals surface area contributed by atoms with Gasteiger partial charge in [-0.1, -0.05) is 30.5 Å². The molecule has 0 spiro atoms. The monoisotopic (exact) mass is 339 g/mol. The number of hydrogen-bond acceptors (Lipinski definition) is 3. The van der Waals surface area contributed by atoms with E-state index in [1.807, 2.05) is 6.92 Å². The van der Waals surface area contributed by atoms with Crippen LogP contribution in [0, 0.1) is 5.82 Å². The molecule has 1 aliphatic rings. The van der Waals surface area contributed by atoms with Crippen LogP contribution in [-0.2, 0) is 9.59 Å². The minimum Gasteiger partial charge on any atom is -0.492 e. The van der Waals surface area contributed by atoms with Crippen LogP contribution in [0.15, 0.2) is 23.3 Å². The van der Waals surface area contributed by atoms with Crippen molar-refractivity contribution in [2.45, 2.75) is 40.0 Å². The highest BCUT2D eigenvalue weighted by atomic mass is 35.5. The molecular formula is C17H19ClFNO3. The topological polar surface area (TPSA) is 46.6 Å². The molecule has 1 aromatic rings. The average molecular weight is 340 g/mol. The van der Waals surface area contributed by atoms with Crippen molar-refractivity contribution >= 4 is 29.1 Å². The van der Waals surface area contributed by atoms with E-state index < -0.39 is 17.6 Å². The lowest BCUT2D eigenvalue weighted by molar-refractivity contribution is -0.120. The van der Waals surface area contributed by atoms with E-state index in [1.54, 1.807) is 13.8 Å². The third-order valence-corrected chi connectivity index (χ3v) is 3.94. The van der Waals surface area contributed by atoms with Gasteiger partial charge in [-0.05, 0) is 26.3 Å². The first-order valence-corrected chi connectivity index (χ1v) is 7.90. The van der Waals surface area contributed by atoms with Crippen LogP contribution >= 0.6 is 11.6 Å². The van der Waals surface area contributed by atoms with Gasteiger partial charge in [0.25, 0.3) is 5.91 Å². The van der Waals surface area contributed by atoms with Crippen molar-refractivity contribution in [1.29, 1.82) is 0 Å². The lowest BCUT2D eigenvalue weighted by atomic mass is 10.1. The second kappa shape index (κ2) is 7.13. The minimum atomic E-state index is -0.727. The van der Waals surface area contributed by atoms with Crippen LogP contribution in [0.5, 0.6) is 5.75 Å². The number of allylic oxidation sites excluding steroid dienone is 1. The van der Waals surface area contributed by atoms with Gasteiger partial charge in [0.15, 0.2) is 0 Å². The van der Waals surface area contributed by atoms with Gasteiger partial charge in [0, 0.05) is 11.6 Å². The Bertz CT molecular complexity index is 681. The maximum Gasteiger partial charge on any atom is 0.261 e. The predicted octanol–water partition coefficient (Wildman–Crippen LogP) is 4.26. The smallest absolute Gasteiger partial charge is 0.261 e. The summed E-state index contributed by atoms with van der Waals surface area (Å²) in [4.78, 5) is 25.4. The first kappa shape index (κ1) is 17.5. The van der Waals surface area contributed by atoms with E-state index >= 15 is 0 Å². The largest absolute Gasteiger partial charge is 0.492 e. The van der Waals surface area contributed by atoms with Crippen LogP contribution < -0.4 is 9.64 Å². The maximum atomic E-state index is 14.2. The zero-order valence-electron chi connectivity index (χ0n) is 13.4. The number of unbranched alkanes of at least 4 members (excludes halogenated alkanes) is 1. The van der Waals surface area contributed by atoms with E-state index in [0.29, 0.717) is 12.2 Å². The van der Waals surface area contributed by atoms with Crippen molar-refractivity contribution in [2.75, 3.05) is 11.5 Å². The van der Waals surface area contributed by atoms with Crippen molar-refractivity contribution in [1.82, 2.24) is 0 Å². The fourth-order valence-electron chi connectivity index (χ4n) is 2.32. The van der Waals surface area contributed by atoms with E-state index in [-0.39, 0.29) is 22.9 Å². The zero-order valence-corrected chi connectivity index (χ0v) is 14.2. The number of hydrogen-bond donors (Lipinski definition) is 0. The van der Waals surface area contributed by atoms with Crippen molar-refractivity contribution in [3.63, 3.8) is 0 Å². The summed E-state index contributed by atoms with van der Waals surface area (Å²) in [6.07, 6.45) is 1.75. The number of carbonyl (C=O) groups is 2. The molecule has 4 nitrogen and oxygen atoms in total. The normalized spacial score (nSPS) is 14.7. The Hall–Kier alpha value is -1.88. The van der Waals surface area contributed by atoms with E-state index in [9.17, 15) is 14.0 Å². The summed E-state index contributed by atoms with van der Waals surface area (Å²) >= 11 is 5.98. The van der Waals surface area contributed by atoms with E-state index in [0.717, 1.165) is 29.4 Å². The molecule has 1 heterocycles. The number of anilines is 1. The average Bonchev–Trinajstić information content (AvgIpc) is 2.77. The van der Waals surface area contributed by atoms with Gasteiger partial charge in [0.2, 0.25) is 5.91 Å². The van der Waals surface area contributed by atoms with Gasteiger partial charge in [0.1, 0.15) is 11.6 Å². The molecule has 124 valence electrons. The summed E-state index contributed by atoms with van der Waals surface area (Å²) in [6, 6.07) is 2.39. The molecule has 0 bridgehead atoms. The van der Waals surface area contributed by atoms with E-state index in [2.05, 4.69) is 0 Å². The highest BCUT2D eigenvalue weighted by Crippen LogP contribution is 2.36. The van der Waals surface area contributed by atoms with E-state index in [1.165, 1.54) is 6.07 Å². The summed E-state index contributed by atoms with van der Waals surface area (Å²) in [6.45, 7) is 5.95. The minimum absolute atomic E-state index is 0.0186. The molecule has 1 saturated heterocycles. The first-order chi connectivity index (χ1) is 10.9. The van der Waals surface area contributed by atoms with Crippen molar-refractivity contribution in [3.05, 3.63) is 34.1 Å². The van der Waals surface area contributed by atoms with Crippen LogP contribution in [0.3, 0.4) is 0 Å². The molecule has 0 aromatic heterocycles. The van der Waals surface area contributed by atoms with Crippen LogP contribution in [0.25, 0.3) is 0 Å². The van der Waals surface area contributed by atoms with Crippen LogP contribution in [0.2, 0.25) is 5.02 Å². The molecule has 1 fully saturated rings. The Balaban J connectivity index is 2.39. The van der Waals surface area contributed by atoms with Crippen LogP contribution in [0.1, 0.15) is 40.0 Å². The summed E-state index contributed by atoms with van der Waals surface area (Å²) in [7, 11) is 0. The molecule has 0 radical (unpaired) electrons. The molecule has 2 rings (SSSR count). The molecule has 0 unspecified atom stereocenters. The highest BCUT2D eigenvalue weighted by molar-refractivity contribution is 6.32. The van der Waals surface area contributed by atoms with Gasteiger partial charge in [-0.3, -0.25) is 9.59 Å². The SMILES string of the molecule is CCCCOc1cc(N2C(=O)CC(=C(C)C)C2=O)c(F)cc1Cl. The summed E-state index contributed by atoms with van der Waals surface area (Å²) in [5.74, 6) is -1.40. The van der Waals surface area contributed by atoms with Gasteiger partial charge >= 0.3 is 0 Å². The first-order valence-electron chi connectivity index (χ1n) is 7.52. The number of halogens is 2. The number of carbonyl (C=O) groups excluding carboxylic acids is 2. The number of amides is 2. The van der Waals surface area contributed by atoms with E-state index in [4.69, 9.17) is 16.3 Å². The van der Waals surface area contributed by atoms with Gasteiger partial charge in [-0.15, -0.1) is 0 Å². The van der Waals surface area contributed by atoms with Gasteiger partial charge < -0.3 is 4.74 Å². The molecule has 1 aliphatic heterocycles. The predicted molar refractivity (Wildman–Crippen MR) is 87.3 cm³/mol. The maximum absolute atomic E-state index is 14.2. The summed E-state index contributed by atoms with van der Waals surface area (Å²) in [5, 5.41) is 0.115. The number of nitrogens with zero attached hydrogens (tertiary/aromatic N) is 1.